The van der Waals surface area contributed by atoms with Crippen molar-refractivity contribution >= 4 is 30.4 Å². The average Bonchev–Trinajstić information content (AvgIpc) is 2.68. The van der Waals surface area contributed by atoms with Crippen LogP contribution in [0.25, 0.3) is 5.69 Å². The van der Waals surface area contributed by atoms with Gasteiger partial charge in [0.1, 0.15) is 5.75 Å². The van der Waals surface area contributed by atoms with Gasteiger partial charge in [-0.15, -0.1) is 0 Å². The van der Waals surface area contributed by atoms with Crippen molar-refractivity contribution < 1.29 is 4.74 Å². The van der Waals surface area contributed by atoms with Gasteiger partial charge in [0, 0.05) is 0 Å². The van der Waals surface area contributed by atoms with Crippen LogP contribution in [-0.2, 0) is 0 Å². The van der Waals surface area contributed by atoms with Crippen LogP contribution in [0.15, 0.2) is 23.0 Å². The van der Waals surface area contributed by atoms with Crippen molar-refractivity contribution in [2.45, 2.75) is 0 Å². The van der Waals surface area contributed by atoms with Crippen molar-refractivity contribution in [3.05, 3.63) is 32.3 Å². The molecule has 8 heteroatoms. The van der Waals surface area contributed by atoms with Gasteiger partial charge in [-0.05, 0) is 45.2 Å². The second kappa shape index (κ2) is 4.68. The second-order valence-corrected chi connectivity index (χ2v) is 4.02. The van der Waals surface area contributed by atoms with E-state index in [1.165, 1.54) is 4.68 Å². The molecular weight excluding hydrogens is 322 g/mol. The van der Waals surface area contributed by atoms with E-state index in [0.717, 1.165) is 9.32 Å². The summed E-state index contributed by atoms with van der Waals surface area (Å²) in [6.45, 7) is 0.577. The lowest BCUT2D eigenvalue weighted by molar-refractivity contribution is 0.384. The van der Waals surface area contributed by atoms with Crippen molar-refractivity contribution in [1.82, 2.24) is 20.2 Å². The number of ether oxygens (including phenoxy) is 1. The molecule has 2 aromatic rings. The Hall–Kier alpha value is -1.32. The van der Waals surface area contributed by atoms with Crippen molar-refractivity contribution in [3.63, 3.8) is 0 Å². The van der Waals surface area contributed by atoms with Crippen LogP contribution in [0, 0.1) is 3.57 Å². The number of benzene rings is 1. The number of rotatable bonds is 3. The highest BCUT2D eigenvalue weighted by Gasteiger charge is 2.11. The molecule has 82 valence electrons. The third-order valence-corrected chi connectivity index (χ3v) is 3.03. The van der Waals surface area contributed by atoms with Crippen LogP contribution in [0.4, 0.5) is 0 Å². The van der Waals surface area contributed by atoms with Gasteiger partial charge in [0.05, 0.1) is 15.8 Å². The highest BCUT2D eigenvalue weighted by Crippen LogP contribution is 2.25. The molecule has 1 aromatic carbocycles. The molecule has 0 amide bonds. The monoisotopic (exact) mass is 330 g/mol. The predicted molar refractivity (Wildman–Crippen MR) is 68.7 cm³/mol. The van der Waals surface area contributed by atoms with Crippen LogP contribution in [0.1, 0.15) is 0 Å². The first-order valence-electron chi connectivity index (χ1n) is 4.66. The summed E-state index contributed by atoms with van der Waals surface area (Å²) >= 11 is 2.12. The van der Waals surface area contributed by atoms with Gasteiger partial charge >= 0.3 is 5.69 Å². The Labute approximate surface area is 106 Å². The summed E-state index contributed by atoms with van der Waals surface area (Å²) in [5, 5.41) is 9.38. The largest absolute Gasteiger partial charge is 0.502 e. The number of nitrogens with one attached hydrogen (secondary N) is 1. The zero-order valence-electron chi connectivity index (χ0n) is 8.48. The molecule has 16 heavy (non-hydrogen) atoms. The third kappa shape index (κ3) is 1.97. The van der Waals surface area contributed by atoms with Crippen LogP contribution in [0.3, 0.4) is 0 Å². The minimum atomic E-state index is -0.369. The molecule has 0 radical (unpaired) electrons. The SMILES string of the molecule is BCOc1cccc(-n2nn[nH]c2=O)c1I. The van der Waals surface area contributed by atoms with E-state index in [-0.39, 0.29) is 5.69 Å². The predicted octanol–water partition coefficient (Wildman–Crippen LogP) is -0.470. The van der Waals surface area contributed by atoms with Gasteiger partial charge in [-0.3, -0.25) is 0 Å². The van der Waals surface area contributed by atoms with E-state index in [9.17, 15) is 4.79 Å². The maximum atomic E-state index is 11.4. The number of tetrazole rings is 1. The quantitative estimate of drug-likeness (QED) is 0.610. The molecule has 0 atom stereocenters. The highest BCUT2D eigenvalue weighted by atomic mass is 127. The zero-order chi connectivity index (χ0) is 11.5. The van der Waals surface area contributed by atoms with E-state index >= 15 is 0 Å². The van der Waals surface area contributed by atoms with E-state index in [1.807, 2.05) is 20.0 Å². The number of aromatic nitrogens is 4. The molecule has 0 unspecified atom stereocenters. The second-order valence-electron chi connectivity index (χ2n) is 2.94. The first kappa shape index (κ1) is 11.2. The topological polar surface area (TPSA) is 72.8 Å². The van der Waals surface area contributed by atoms with E-state index in [2.05, 4.69) is 38.1 Å². The number of H-pyrrole nitrogens is 1. The van der Waals surface area contributed by atoms with E-state index in [4.69, 9.17) is 4.74 Å². The summed E-state index contributed by atoms with van der Waals surface area (Å²) < 4.78 is 7.46. The van der Waals surface area contributed by atoms with Crippen LogP contribution >= 0.6 is 22.6 Å². The van der Waals surface area contributed by atoms with Crippen molar-refractivity contribution in [2.24, 2.45) is 0 Å². The van der Waals surface area contributed by atoms with E-state index in [1.54, 1.807) is 6.07 Å². The summed E-state index contributed by atoms with van der Waals surface area (Å²) in [5.74, 6) is 0.732. The Morgan fingerprint density at radius 2 is 2.38 bits per heavy atom. The number of hydrogen-bond donors (Lipinski definition) is 1. The van der Waals surface area contributed by atoms with Crippen LogP contribution in [0.2, 0.25) is 0 Å². The van der Waals surface area contributed by atoms with Crippen molar-refractivity contribution in [2.75, 3.05) is 6.51 Å². The molecule has 0 saturated carbocycles. The third-order valence-electron chi connectivity index (χ3n) is 1.94. The molecule has 0 aliphatic carbocycles. The fraction of sp³-hybridized carbons (Fsp3) is 0.125. The number of nitrogens with zero attached hydrogens (tertiary/aromatic N) is 3. The maximum Gasteiger partial charge on any atom is 0.365 e. The Kier molecular flexibility index (Phi) is 3.27. The first-order valence-corrected chi connectivity index (χ1v) is 5.74. The van der Waals surface area contributed by atoms with Crippen LogP contribution in [0.5, 0.6) is 5.75 Å². The minimum Gasteiger partial charge on any atom is -0.502 e. The highest BCUT2D eigenvalue weighted by molar-refractivity contribution is 14.1. The first-order chi connectivity index (χ1) is 7.74. The molecule has 0 saturated heterocycles. The summed E-state index contributed by atoms with van der Waals surface area (Å²) in [6, 6.07) is 5.44. The normalized spacial score (nSPS) is 10.3. The van der Waals surface area contributed by atoms with Gasteiger partial charge in [-0.25, -0.2) is 9.89 Å². The molecule has 0 spiro atoms. The number of hydrogen-bond acceptors (Lipinski definition) is 4. The molecule has 1 aromatic heterocycles. The molecule has 1 heterocycles. The zero-order valence-corrected chi connectivity index (χ0v) is 10.6. The van der Waals surface area contributed by atoms with Gasteiger partial charge in [0.15, 0.2) is 7.85 Å². The molecule has 2 rings (SSSR count). The fourth-order valence-corrected chi connectivity index (χ4v) is 2.03. The Bertz CT molecular complexity index is 553. The Balaban J connectivity index is 2.54. The molecule has 0 aliphatic heterocycles. The fourth-order valence-electron chi connectivity index (χ4n) is 1.29. The molecule has 6 nitrogen and oxygen atoms in total. The standard InChI is InChI=1S/C8H8BIN4O2/c9-4-16-6-3-1-2-5(7(6)10)14-8(15)11-12-13-14/h1-3H,4,9H2,(H,11,13,15). The molecular formula is C8H8BIN4O2. The van der Waals surface area contributed by atoms with Gasteiger partial charge in [0.25, 0.3) is 0 Å². The van der Waals surface area contributed by atoms with Gasteiger partial charge in [-0.1, -0.05) is 6.07 Å². The van der Waals surface area contributed by atoms with Gasteiger partial charge in [0.2, 0.25) is 0 Å². The van der Waals surface area contributed by atoms with E-state index in [0.29, 0.717) is 12.2 Å². The summed E-state index contributed by atoms with van der Waals surface area (Å²) in [5.41, 5.74) is 0.289. The number of aromatic amines is 1. The van der Waals surface area contributed by atoms with Crippen molar-refractivity contribution in [1.29, 1.82) is 0 Å². The summed E-state index contributed by atoms with van der Waals surface area (Å²) in [7, 11) is 1.91. The van der Waals surface area contributed by atoms with Crippen LogP contribution in [-0.4, -0.2) is 34.6 Å². The lowest BCUT2D eigenvalue weighted by Crippen LogP contribution is -2.17. The molecule has 0 bridgehead atoms. The van der Waals surface area contributed by atoms with E-state index < -0.39 is 0 Å². The smallest absolute Gasteiger partial charge is 0.365 e. The lowest BCUT2D eigenvalue weighted by Gasteiger charge is -2.08. The molecule has 0 aliphatic rings. The van der Waals surface area contributed by atoms with Crippen molar-refractivity contribution in [3.8, 4) is 11.4 Å². The average molecular weight is 330 g/mol. The molecule has 0 fully saturated rings. The minimum absolute atomic E-state index is 0.369. The van der Waals surface area contributed by atoms with Gasteiger partial charge in [-0.2, -0.15) is 4.68 Å². The van der Waals surface area contributed by atoms with Crippen LogP contribution < -0.4 is 10.4 Å². The Morgan fingerprint density at radius 3 is 3.00 bits per heavy atom. The lowest BCUT2D eigenvalue weighted by atomic mass is 10.2. The number of halogens is 1. The summed E-state index contributed by atoms with van der Waals surface area (Å²) in [6.07, 6.45) is 0. The molecule has 1 N–H and O–H groups in total. The maximum absolute atomic E-state index is 11.4. The Morgan fingerprint density at radius 1 is 1.56 bits per heavy atom. The van der Waals surface area contributed by atoms with Gasteiger partial charge < -0.3 is 4.74 Å². The summed E-state index contributed by atoms with van der Waals surface area (Å²) in [4.78, 5) is 11.4.